The number of carbonyl (C=O) groups is 5. The van der Waals surface area contributed by atoms with Crippen molar-refractivity contribution < 1.29 is 24.0 Å². The predicted octanol–water partition coefficient (Wildman–Crippen LogP) is 4.90. The first-order valence-electron chi connectivity index (χ1n) is 17.8. The van der Waals surface area contributed by atoms with E-state index in [4.69, 9.17) is 18.2 Å². The fraction of sp³-hybridized carbons (Fsp3) is 0.385. The van der Waals surface area contributed by atoms with Gasteiger partial charge in [-0.3, -0.25) is 39.1 Å². The third-order valence-electron chi connectivity index (χ3n) is 11.0. The topological polar surface area (TPSA) is 136 Å². The Hall–Kier alpha value is -5.25. The van der Waals surface area contributed by atoms with E-state index in [1.54, 1.807) is 24.3 Å². The monoisotopic (exact) mass is 719 g/mol. The van der Waals surface area contributed by atoms with Gasteiger partial charge in [-0.05, 0) is 91.8 Å². The van der Waals surface area contributed by atoms with Crippen LogP contribution in [0.4, 0.5) is 17.1 Å². The third kappa shape index (κ3) is 6.50. The van der Waals surface area contributed by atoms with Gasteiger partial charge in [0, 0.05) is 79.1 Å². The standard InChI is InChI=1S/C39H38ClN7O5/c1-41-33-11-8-28(16-32(33)40)42-26-4-6-27(7-5-26)43-36(49)23-2-9-29(10-3-23)46-18-22(19-46)17-45-20-24-14-30-31(15-25(24)21-45)39(52)47(38(30)51)34-12-13-35(48)44-37(34)50/h2-3,8-11,14-16,22,26-27,34,42H,4-7,12-13,17-21H2,(H,43,49)(H,44,48,50). The number of fused-ring (bicyclic) bond motifs is 2. The zero-order chi connectivity index (χ0) is 36.1. The molecule has 1 saturated carbocycles. The molecule has 3 aromatic carbocycles. The Morgan fingerprint density at radius 2 is 1.52 bits per heavy atom. The van der Waals surface area contributed by atoms with Crippen LogP contribution in [-0.2, 0) is 22.7 Å². The van der Waals surface area contributed by atoms with E-state index in [1.165, 1.54) is 0 Å². The summed E-state index contributed by atoms with van der Waals surface area (Å²) >= 11 is 6.19. The van der Waals surface area contributed by atoms with E-state index in [0.29, 0.717) is 52.4 Å². The highest BCUT2D eigenvalue weighted by Crippen LogP contribution is 2.35. The molecule has 1 atom stereocenters. The number of halogens is 1. The minimum absolute atomic E-state index is 0.0578. The van der Waals surface area contributed by atoms with Crippen LogP contribution in [0, 0.1) is 12.5 Å². The van der Waals surface area contributed by atoms with Gasteiger partial charge in [0.25, 0.3) is 17.7 Å². The molecule has 2 saturated heterocycles. The maximum Gasteiger partial charge on any atom is 0.262 e. The van der Waals surface area contributed by atoms with Crippen LogP contribution in [0.25, 0.3) is 4.85 Å². The van der Waals surface area contributed by atoms with E-state index in [0.717, 1.165) is 72.7 Å². The molecule has 0 spiro atoms. The zero-order valence-electron chi connectivity index (χ0n) is 28.5. The molecule has 266 valence electrons. The number of hydrogen-bond acceptors (Lipinski definition) is 8. The van der Waals surface area contributed by atoms with Gasteiger partial charge in [-0.2, -0.15) is 0 Å². The Kier molecular flexibility index (Phi) is 8.93. The van der Waals surface area contributed by atoms with Crippen molar-refractivity contribution in [1.29, 1.82) is 0 Å². The SMILES string of the molecule is [C-]#[N+]c1ccc(NC2CCC(NC(=O)c3ccc(N4CC(CN5Cc6cc7c(cc6C5)C(=O)N(C5CCC(=O)NC5=O)C7=O)C4)cc3)CC2)cc1Cl. The number of benzene rings is 3. The van der Waals surface area contributed by atoms with Crippen molar-refractivity contribution in [2.45, 2.75) is 69.7 Å². The molecule has 4 heterocycles. The maximum atomic E-state index is 13.2. The minimum atomic E-state index is -0.963. The smallest absolute Gasteiger partial charge is 0.262 e. The lowest BCUT2D eigenvalue weighted by Gasteiger charge is -2.42. The Bertz CT molecular complexity index is 1990. The molecular weight excluding hydrogens is 682 g/mol. The van der Waals surface area contributed by atoms with Gasteiger partial charge in [-0.25, -0.2) is 4.85 Å². The molecule has 3 fully saturated rings. The van der Waals surface area contributed by atoms with Gasteiger partial charge >= 0.3 is 0 Å². The molecule has 3 aromatic rings. The molecule has 1 aliphatic carbocycles. The number of piperidine rings is 1. The second-order valence-corrected chi connectivity index (χ2v) is 15.0. The largest absolute Gasteiger partial charge is 0.382 e. The number of imide groups is 2. The van der Waals surface area contributed by atoms with E-state index >= 15 is 0 Å². The van der Waals surface area contributed by atoms with Crippen molar-refractivity contribution in [2.75, 3.05) is 29.9 Å². The van der Waals surface area contributed by atoms with Crippen LogP contribution in [-0.4, -0.2) is 77.1 Å². The summed E-state index contributed by atoms with van der Waals surface area (Å²) in [5.74, 6) is -1.53. The number of nitrogens with one attached hydrogen (secondary N) is 3. The minimum Gasteiger partial charge on any atom is -0.382 e. The zero-order valence-corrected chi connectivity index (χ0v) is 29.2. The predicted molar refractivity (Wildman–Crippen MR) is 194 cm³/mol. The first-order valence-corrected chi connectivity index (χ1v) is 18.2. The highest BCUT2D eigenvalue weighted by molar-refractivity contribution is 6.33. The van der Waals surface area contributed by atoms with Crippen LogP contribution in [0.1, 0.15) is 80.7 Å². The summed E-state index contributed by atoms with van der Waals surface area (Å²) in [4.78, 5) is 72.6. The second kappa shape index (κ2) is 13.7. The highest BCUT2D eigenvalue weighted by Gasteiger charge is 2.45. The molecule has 0 aromatic heterocycles. The maximum absolute atomic E-state index is 13.2. The summed E-state index contributed by atoms with van der Waals surface area (Å²) in [7, 11) is 0. The number of nitrogens with zero attached hydrogens (tertiary/aromatic N) is 4. The van der Waals surface area contributed by atoms with Crippen molar-refractivity contribution >= 4 is 58.2 Å². The van der Waals surface area contributed by atoms with Crippen LogP contribution in [0.5, 0.6) is 0 Å². The van der Waals surface area contributed by atoms with Gasteiger partial charge in [0.2, 0.25) is 17.5 Å². The molecule has 13 heteroatoms. The van der Waals surface area contributed by atoms with Gasteiger partial charge in [-0.15, -0.1) is 0 Å². The highest BCUT2D eigenvalue weighted by atomic mass is 35.5. The van der Waals surface area contributed by atoms with Crippen molar-refractivity contribution in [3.05, 3.63) is 98.9 Å². The molecule has 1 unspecified atom stereocenters. The lowest BCUT2D eigenvalue weighted by molar-refractivity contribution is -0.136. The summed E-state index contributed by atoms with van der Waals surface area (Å²) < 4.78 is 0. The molecule has 5 amide bonds. The molecule has 4 aliphatic heterocycles. The molecule has 0 bridgehead atoms. The average Bonchev–Trinajstić information content (AvgIpc) is 3.62. The second-order valence-electron chi connectivity index (χ2n) is 14.5. The molecule has 3 N–H and O–H groups in total. The Morgan fingerprint density at radius 3 is 2.13 bits per heavy atom. The number of amides is 5. The van der Waals surface area contributed by atoms with Crippen LogP contribution in [0.2, 0.25) is 5.02 Å². The molecule has 52 heavy (non-hydrogen) atoms. The summed E-state index contributed by atoms with van der Waals surface area (Å²) in [5, 5.41) is 9.40. The van der Waals surface area contributed by atoms with Crippen LogP contribution in [0.15, 0.2) is 54.6 Å². The van der Waals surface area contributed by atoms with E-state index in [1.807, 2.05) is 30.3 Å². The van der Waals surface area contributed by atoms with Gasteiger partial charge in [0.1, 0.15) is 6.04 Å². The molecule has 5 aliphatic rings. The van der Waals surface area contributed by atoms with Crippen molar-refractivity contribution in [1.82, 2.24) is 20.4 Å². The summed E-state index contributed by atoms with van der Waals surface area (Å²) in [6.45, 7) is 11.2. The summed E-state index contributed by atoms with van der Waals surface area (Å²) in [6, 6.07) is 16.3. The number of anilines is 2. The van der Waals surface area contributed by atoms with Gasteiger partial charge < -0.3 is 15.5 Å². The van der Waals surface area contributed by atoms with Crippen LogP contribution >= 0.6 is 11.6 Å². The van der Waals surface area contributed by atoms with Crippen LogP contribution in [0.3, 0.4) is 0 Å². The molecule has 0 radical (unpaired) electrons. The number of carbonyl (C=O) groups excluding carboxylic acids is 5. The molecule has 8 rings (SSSR count). The van der Waals surface area contributed by atoms with E-state index in [9.17, 15) is 24.0 Å². The normalized spacial score (nSPS) is 23.1. The lowest BCUT2D eigenvalue weighted by atomic mass is 9.90. The summed E-state index contributed by atoms with van der Waals surface area (Å²) in [5.41, 5.74) is 5.79. The van der Waals surface area contributed by atoms with E-state index < -0.39 is 29.7 Å². The average molecular weight is 720 g/mol. The van der Waals surface area contributed by atoms with Crippen LogP contribution < -0.4 is 20.9 Å². The first-order chi connectivity index (χ1) is 25.1. The molecular formula is C39H38ClN7O5. The van der Waals surface area contributed by atoms with Crippen molar-refractivity contribution in [3.63, 3.8) is 0 Å². The summed E-state index contributed by atoms with van der Waals surface area (Å²) in [6.07, 6.45) is 3.86. The Morgan fingerprint density at radius 1 is 0.865 bits per heavy atom. The lowest BCUT2D eigenvalue weighted by Crippen LogP contribution is -2.54. The number of rotatable bonds is 8. The van der Waals surface area contributed by atoms with E-state index in [-0.39, 0.29) is 24.8 Å². The van der Waals surface area contributed by atoms with Crippen molar-refractivity contribution in [3.8, 4) is 0 Å². The first kappa shape index (κ1) is 33.9. The third-order valence-corrected chi connectivity index (χ3v) is 11.3. The Balaban J connectivity index is 0.782. The van der Waals surface area contributed by atoms with Gasteiger partial charge in [0.15, 0.2) is 0 Å². The Labute approximate surface area is 306 Å². The fourth-order valence-electron chi connectivity index (χ4n) is 8.23. The van der Waals surface area contributed by atoms with Gasteiger partial charge in [0.05, 0.1) is 17.7 Å². The number of hydrogen-bond donors (Lipinski definition) is 3. The fourth-order valence-corrected chi connectivity index (χ4v) is 8.45. The molecule has 12 nitrogen and oxygen atoms in total. The van der Waals surface area contributed by atoms with Crippen molar-refractivity contribution in [2.24, 2.45) is 5.92 Å². The van der Waals surface area contributed by atoms with Gasteiger partial charge in [-0.1, -0.05) is 17.7 Å². The quantitative estimate of drug-likeness (QED) is 0.221. The van der Waals surface area contributed by atoms with E-state index in [2.05, 4.69) is 30.6 Å².